The maximum Gasteiger partial charge on any atom is 0.168 e. The monoisotopic (exact) mass is 176 g/mol. The van der Waals surface area contributed by atoms with Crippen molar-refractivity contribution >= 4 is 23.4 Å². The molecule has 0 aliphatic heterocycles. The molecular formula is C6H9ClN2S. The molecular weight excluding hydrogens is 168 g/mol. The van der Waals surface area contributed by atoms with Crippen molar-refractivity contribution in [3.63, 3.8) is 0 Å². The second kappa shape index (κ2) is 2.84. The zero-order chi connectivity index (χ0) is 7.72. The van der Waals surface area contributed by atoms with Gasteiger partial charge >= 0.3 is 0 Å². The Morgan fingerprint density at radius 2 is 2.20 bits per heavy atom. The molecule has 0 aliphatic rings. The van der Waals surface area contributed by atoms with E-state index in [0.29, 0.717) is 0 Å². The van der Waals surface area contributed by atoms with Crippen molar-refractivity contribution in [3.8, 4) is 0 Å². The molecule has 1 aromatic rings. The zero-order valence-corrected chi connectivity index (χ0v) is 7.75. The van der Waals surface area contributed by atoms with Crippen LogP contribution in [0.1, 0.15) is 5.69 Å². The smallest absolute Gasteiger partial charge is 0.168 e. The molecule has 0 N–H and O–H groups in total. The first-order valence-corrected chi connectivity index (χ1v) is 4.50. The van der Waals surface area contributed by atoms with Crippen LogP contribution < -0.4 is 0 Å². The van der Waals surface area contributed by atoms with Crippen LogP contribution in [-0.4, -0.2) is 15.8 Å². The Morgan fingerprint density at radius 3 is 2.40 bits per heavy atom. The van der Waals surface area contributed by atoms with Crippen LogP contribution in [0.5, 0.6) is 0 Å². The van der Waals surface area contributed by atoms with E-state index in [1.807, 2.05) is 24.8 Å². The molecule has 4 heteroatoms. The van der Waals surface area contributed by atoms with Gasteiger partial charge in [0.1, 0.15) is 5.15 Å². The minimum atomic E-state index is 0.726. The largest absolute Gasteiger partial charge is 0.313 e. The maximum atomic E-state index is 5.86. The van der Waals surface area contributed by atoms with Crippen LogP contribution in [0.4, 0.5) is 0 Å². The van der Waals surface area contributed by atoms with Crippen molar-refractivity contribution in [2.75, 3.05) is 6.26 Å². The molecule has 0 saturated carbocycles. The van der Waals surface area contributed by atoms with Crippen LogP contribution in [0.2, 0.25) is 5.15 Å². The molecule has 1 rings (SSSR count). The predicted molar refractivity (Wildman–Crippen MR) is 44.7 cm³/mol. The highest BCUT2D eigenvalue weighted by Crippen LogP contribution is 2.20. The third-order valence-electron chi connectivity index (χ3n) is 1.33. The molecule has 2 nitrogen and oxygen atoms in total. The average Bonchev–Trinajstić information content (AvgIpc) is 2.17. The minimum absolute atomic E-state index is 0.726. The normalized spacial score (nSPS) is 10.4. The van der Waals surface area contributed by atoms with E-state index < -0.39 is 0 Å². The van der Waals surface area contributed by atoms with Gasteiger partial charge in [0.05, 0.1) is 5.69 Å². The van der Waals surface area contributed by atoms with Crippen molar-refractivity contribution < 1.29 is 0 Å². The van der Waals surface area contributed by atoms with Crippen molar-refractivity contribution in [1.82, 2.24) is 9.55 Å². The molecule has 0 atom stereocenters. The van der Waals surface area contributed by atoms with Crippen LogP contribution in [0.3, 0.4) is 0 Å². The van der Waals surface area contributed by atoms with E-state index in [2.05, 4.69) is 4.98 Å². The number of hydrogen-bond acceptors (Lipinski definition) is 2. The molecule has 0 saturated heterocycles. The van der Waals surface area contributed by atoms with Crippen LogP contribution in [0, 0.1) is 6.92 Å². The molecule has 56 valence electrons. The number of halogens is 1. The van der Waals surface area contributed by atoms with Gasteiger partial charge in [0, 0.05) is 7.05 Å². The molecule has 0 fully saturated rings. The summed E-state index contributed by atoms with van der Waals surface area (Å²) in [4.78, 5) is 4.22. The highest BCUT2D eigenvalue weighted by molar-refractivity contribution is 7.98. The molecule has 0 aromatic carbocycles. The summed E-state index contributed by atoms with van der Waals surface area (Å²) in [5.41, 5.74) is 0.897. The number of aryl methyl sites for hydroxylation is 1. The van der Waals surface area contributed by atoms with Crippen LogP contribution in [0.25, 0.3) is 0 Å². The van der Waals surface area contributed by atoms with Gasteiger partial charge in [-0.3, -0.25) is 0 Å². The van der Waals surface area contributed by atoms with E-state index in [-0.39, 0.29) is 0 Å². The highest BCUT2D eigenvalue weighted by atomic mass is 35.5. The Hall–Kier alpha value is -0.150. The molecule has 10 heavy (non-hydrogen) atoms. The van der Waals surface area contributed by atoms with Crippen LogP contribution >= 0.6 is 23.4 Å². The summed E-state index contributed by atoms with van der Waals surface area (Å²) in [5, 5.41) is 1.69. The van der Waals surface area contributed by atoms with Gasteiger partial charge in [0.25, 0.3) is 0 Å². The highest BCUT2D eigenvalue weighted by Gasteiger charge is 2.06. The molecule has 1 heterocycles. The van der Waals surface area contributed by atoms with Gasteiger partial charge < -0.3 is 4.57 Å². The number of rotatable bonds is 1. The average molecular weight is 177 g/mol. The summed E-state index contributed by atoms with van der Waals surface area (Å²) >= 11 is 7.46. The van der Waals surface area contributed by atoms with Gasteiger partial charge in [-0.2, -0.15) is 0 Å². The van der Waals surface area contributed by atoms with Gasteiger partial charge in [-0.25, -0.2) is 4.98 Å². The lowest BCUT2D eigenvalue weighted by atomic mass is 10.6. The molecule has 0 radical (unpaired) electrons. The number of aromatic nitrogens is 2. The summed E-state index contributed by atoms with van der Waals surface area (Å²) < 4.78 is 1.88. The van der Waals surface area contributed by atoms with Crippen molar-refractivity contribution in [1.29, 1.82) is 0 Å². The van der Waals surface area contributed by atoms with Gasteiger partial charge in [0.15, 0.2) is 5.16 Å². The van der Waals surface area contributed by atoms with Gasteiger partial charge in [-0.15, -0.1) is 0 Å². The van der Waals surface area contributed by atoms with E-state index in [1.54, 1.807) is 11.8 Å². The quantitative estimate of drug-likeness (QED) is 0.610. The Balaban J connectivity index is 3.17. The summed E-state index contributed by atoms with van der Waals surface area (Å²) in [6.07, 6.45) is 1.98. The van der Waals surface area contributed by atoms with E-state index >= 15 is 0 Å². The molecule has 0 unspecified atom stereocenters. The molecule has 0 amide bonds. The standard InChI is InChI=1S/C6H9ClN2S/c1-4-5(7)9(2)6(8-4)10-3/h1-3H3. The summed E-state index contributed by atoms with van der Waals surface area (Å²) in [5.74, 6) is 0. The first-order chi connectivity index (χ1) is 4.66. The Kier molecular flexibility index (Phi) is 2.26. The topological polar surface area (TPSA) is 17.8 Å². The zero-order valence-electron chi connectivity index (χ0n) is 6.18. The fourth-order valence-corrected chi connectivity index (χ4v) is 1.54. The number of imidazole rings is 1. The van der Waals surface area contributed by atoms with Crippen LogP contribution in [-0.2, 0) is 7.05 Å². The number of hydrogen-bond donors (Lipinski definition) is 0. The Bertz CT molecular complexity index is 244. The van der Waals surface area contributed by atoms with E-state index in [9.17, 15) is 0 Å². The second-order valence-electron chi connectivity index (χ2n) is 2.03. The lowest BCUT2D eigenvalue weighted by Crippen LogP contribution is -1.88. The van der Waals surface area contributed by atoms with Crippen molar-refractivity contribution in [3.05, 3.63) is 10.8 Å². The maximum absolute atomic E-state index is 5.86. The molecule has 0 spiro atoms. The summed E-state index contributed by atoms with van der Waals surface area (Å²) in [6.45, 7) is 1.90. The predicted octanol–water partition coefficient (Wildman–Crippen LogP) is 2.10. The Labute approximate surface area is 69.6 Å². The lowest BCUT2D eigenvalue weighted by molar-refractivity contribution is 0.792. The van der Waals surface area contributed by atoms with Gasteiger partial charge in [-0.05, 0) is 13.2 Å². The molecule has 1 aromatic heterocycles. The fraction of sp³-hybridized carbons (Fsp3) is 0.500. The minimum Gasteiger partial charge on any atom is -0.313 e. The van der Waals surface area contributed by atoms with Crippen LogP contribution in [0.15, 0.2) is 5.16 Å². The van der Waals surface area contributed by atoms with Crippen molar-refractivity contribution in [2.24, 2.45) is 7.05 Å². The Morgan fingerprint density at radius 1 is 1.60 bits per heavy atom. The number of thioether (sulfide) groups is 1. The summed E-state index contributed by atoms with van der Waals surface area (Å²) in [7, 11) is 1.91. The van der Waals surface area contributed by atoms with Gasteiger partial charge in [-0.1, -0.05) is 23.4 Å². The van der Waals surface area contributed by atoms with E-state index in [0.717, 1.165) is 16.0 Å². The summed E-state index contributed by atoms with van der Waals surface area (Å²) in [6, 6.07) is 0. The molecule has 0 bridgehead atoms. The third kappa shape index (κ3) is 1.16. The SMILES string of the molecule is CSc1nc(C)c(Cl)n1C. The fourth-order valence-electron chi connectivity index (χ4n) is 0.774. The molecule has 0 aliphatic carbocycles. The second-order valence-corrected chi connectivity index (χ2v) is 3.17. The van der Waals surface area contributed by atoms with Crippen molar-refractivity contribution in [2.45, 2.75) is 12.1 Å². The first kappa shape index (κ1) is 7.95. The lowest BCUT2D eigenvalue weighted by Gasteiger charge is -1.95. The van der Waals surface area contributed by atoms with E-state index in [4.69, 9.17) is 11.6 Å². The number of nitrogens with zero attached hydrogens (tertiary/aromatic N) is 2. The van der Waals surface area contributed by atoms with Gasteiger partial charge in [0.2, 0.25) is 0 Å². The first-order valence-electron chi connectivity index (χ1n) is 2.89. The third-order valence-corrected chi connectivity index (χ3v) is 2.58. The van der Waals surface area contributed by atoms with E-state index in [1.165, 1.54) is 0 Å².